The van der Waals surface area contributed by atoms with E-state index in [1.807, 2.05) is 0 Å². The van der Waals surface area contributed by atoms with Gasteiger partial charge in [-0.1, -0.05) is 13.8 Å². The van der Waals surface area contributed by atoms with Crippen LogP contribution in [0.4, 0.5) is 0 Å². The third kappa shape index (κ3) is 2.12. The van der Waals surface area contributed by atoms with Crippen molar-refractivity contribution in [3.8, 4) is 0 Å². The van der Waals surface area contributed by atoms with Crippen LogP contribution >= 0.6 is 0 Å². The van der Waals surface area contributed by atoms with Crippen molar-refractivity contribution in [1.29, 1.82) is 0 Å². The zero-order valence-corrected chi connectivity index (χ0v) is 9.51. The van der Waals surface area contributed by atoms with Gasteiger partial charge in [-0.25, -0.2) is 0 Å². The fraction of sp³-hybridized carbons (Fsp3) is 1.00. The van der Waals surface area contributed by atoms with Crippen molar-refractivity contribution in [3.63, 3.8) is 0 Å². The van der Waals surface area contributed by atoms with Gasteiger partial charge in [0.2, 0.25) is 0 Å². The average Bonchev–Trinajstić information content (AvgIpc) is 2.37. The van der Waals surface area contributed by atoms with E-state index in [1.54, 1.807) is 0 Å². The average molecular weight is 197 g/mol. The molecule has 0 saturated carbocycles. The lowest BCUT2D eigenvalue weighted by atomic mass is 9.76. The van der Waals surface area contributed by atoms with Gasteiger partial charge >= 0.3 is 0 Å². The molecule has 0 aromatic carbocycles. The maximum atomic E-state index is 5.84. The largest absolute Gasteiger partial charge is 0.377 e. The Bertz CT molecular complexity index is 195. The number of hydrogen-bond acceptors (Lipinski definition) is 2. The lowest BCUT2D eigenvalue weighted by Gasteiger charge is -2.34. The number of nitrogens with one attached hydrogen (secondary N) is 1. The summed E-state index contributed by atoms with van der Waals surface area (Å²) in [4.78, 5) is 0. The van der Waals surface area contributed by atoms with Gasteiger partial charge in [0.1, 0.15) is 0 Å². The van der Waals surface area contributed by atoms with Crippen molar-refractivity contribution >= 4 is 0 Å². The number of hydrogen-bond donors (Lipinski definition) is 1. The van der Waals surface area contributed by atoms with Crippen LogP contribution in [0.3, 0.4) is 0 Å². The third-order valence-electron chi connectivity index (χ3n) is 4.08. The van der Waals surface area contributed by atoms with E-state index in [1.165, 1.54) is 32.2 Å². The van der Waals surface area contributed by atoms with Crippen molar-refractivity contribution < 1.29 is 4.74 Å². The quantitative estimate of drug-likeness (QED) is 0.696. The minimum atomic E-state index is 0.497. The molecule has 2 aliphatic heterocycles. The molecule has 2 saturated heterocycles. The van der Waals surface area contributed by atoms with Crippen LogP contribution in [-0.4, -0.2) is 25.8 Å². The van der Waals surface area contributed by atoms with Gasteiger partial charge in [0.15, 0.2) is 0 Å². The first-order valence-corrected chi connectivity index (χ1v) is 6.06. The summed E-state index contributed by atoms with van der Waals surface area (Å²) >= 11 is 0. The highest BCUT2D eigenvalue weighted by Crippen LogP contribution is 2.37. The summed E-state index contributed by atoms with van der Waals surface area (Å²) in [7, 11) is 0. The van der Waals surface area contributed by atoms with Gasteiger partial charge in [-0.15, -0.1) is 0 Å². The molecule has 0 aliphatic carbocycles. The van der Waals surface area contributed by atoms with E-state index in [9.17, 15) is 0 Å². The Labute approximate surface area is 87.4 Å². The Morgan fingerprint density at radius 1 is 1.50 bits per heavy atom. The molecule has 3 atom stereocenters. The van der Waals surface area contributed by atoms with Gasteiger partial charge in [-0.3, -0.25) is 0 Å². The summed E-state index contributed by atoms with van der Waals surface area (Å²) in [5, 5.41) is 3.56. The summed E-state index contributed by atoms with van der Waals surface area (Å²) in [5.74, 6) is 0.809. The molecule has 2 heteroatoms. The van der Waals surface area contributed by atoms with E-state index < -0.39 is 0 Å². The van der Waals surface area contributed by atoms with Crippen LogP contribution in [0.2, 0.25) is 0 Å². The standard InChI is InChI=1S/C12H23NO/c1-3-12(2)7-10-5-4-6-14-11(10)8-13-9-12/h10-11,13H,3-9H2,1-2H3. The normalized spacial score (nSPS) is 44.1. The summed E-state index contributed by atoms with van der Waals surface area (Å²) in [6.07, 6.45) is 5.77. The first-order valence-electron chi connectivity index (χ1n) is 6.06. The smallest absolute Gasteiger partial charge is 0.0727 e. The van der Waals surface area contributed by atoms with Gasteiger partial charge in [0.25, 0.3) is 0 Å². The van der Waals surface area contributed by atoms with E-state index in [4.69, 9.17) is 4.74 Å². The Balaban J connectivity index is 2.03. The molecule has 82 valence electrons. The zero-order chi connectivity index (χ0) is 10.0. The van der Waals surface area contributed by atoms with E-state index in [-0.39, 0.29) is 0 Å². The Morgan fingerprint density at radius 2 is 2.36 bits per heavy atom. The highest BCUT2D eigenvalue weighted by Gasteiger charge is 2.35. The molecular weight excluding hydrogens is 174 g/mol. The third-order valence-corrected chi connectivity index (χ3v) is 4.08. The molecule has 0 bridgehead atoms. The maximum absolute atomic E-state index is 5.84. The fourth-order valence-corrected chi connectivity index (χ4v) is 2.85. The van der Waals surface area contributed by atoms with Gasteiger partial charge in [-0.05, 0) is 37.0 Å². The second-order valence-corrected chi connectivity index (χ2v) is 5.31. The predicted molar refractivity (Wildman–Crippen MR) is 58.3 cm³/mol. The monoisotopic (exact) mass is 197 g/mol. The molecular formula is C12H23NO. The molecule has 0 aromatic heterocycles. The van der Waals surface area contributed by atoms with E-state index >= 15 is 0 Å². The molecule has 2 rings (SSSR count). The van der Waals surface area contributed by atoms with Crippen molar-refractivity contribution in [2.75, 3.05) is 19.7 Å². The van der Waals surface area contributed by atoms with Crippen LogP contribution in [-0.2, 0) is 4.74 Å². The van der Waals surface area contributed by atoms with Crippen LogP contribution in [0.15, 0.2) is 0 Å². The molecule has 0 aromatic rings. The van der Waals surface area contributed by atoms with Gasteiger partial charge in [-0.2, -0.15) is 0 Å². The maximum Gasteiger partial charge on any atom is 0.0727 e. The molecule has 2 fully saturated rings. The summed E-state index contributed by atoms with van der Waals surface area (Å²) in [6, 6.07) is 0. The SMILES string of the molecule is CCC1(C)CNCC2OCCCC2C1. The van der Waals surface area contributed by atoms with Gasteiger partial charge in [0.05, 0.1) is 6.10 Å². The molecule has 3 unspecified atom stereocenters. The Hall–Kier alpha value is -0.0800. The van der Waals surface area contributed by atoms with E-state index in [2.05, 4.69) is 19.2 Å². The summed E-state index contributed by atoms with van der Waals surface area (Å²) < 4.78 is 5.84. The highest BCUT2D eigenvalue weighted by molar-refractivity contribution is 4.88. The second kappa shape index (κ2) is 4.19. The molecule has 0 spiro atoms. The minimum absolute atomic E-state index is 0.497. The predicted octanol–water partition coefficient (Wildman–Crippen LogP) is 2.19. The molecule has 2 aliphatic rings. The van der Waals surface area contributed by atoms with E-state index in [0.29, 0.717) is 11.5 Å². The van der Waals surface area contributed by atoms with Gasteiger partial charge in [0, 0.05) is 19.7 Å². The van der Waals surface area contributed by atoms with Crippen LogP contribution in [0, 0.1) is 11.3 Å². The first-order chi connectivity index (χ1) is 6.73. The highest BCUT2D eigenvalue weighted by atomic mass is 16.5. The molecule has 2 nitrogen and oxygen atoms in total. The lowest BCUT2D eigenvalue weighted by molar-refractivity contribution is -0.0284. The number of fused-ring (bicyclic) bond motifs is 1. The zero-order valence-electron chi connectivity index (χ0n) is 9.51. The molecule has 0 amide bonds. The second-order valence-electron chi connectivity index (χ2n) is 5.31. The van der Waals surface area contributed by atoms with Crippen molar-refractivity contribution in [2.45, 2.75) is 45.6 Å². The Morgan fingerprint density at radius 3 is 3.14 bits per heavy atom. The molecule has 0 radical (unpaired) electrons. The topological polar surface area (TPSA) is 21.3 Å². The molecule has 14 heavy (non-hydrogen) atoms. The van der Waals surface area contributed by atoms with Crippen LogP contribution in [0.25, 0.3) is 0 Å². The van der Waals surface area contributed by atoms with Gasteiger partial charge < -0.3 is 10.1 Å². The van der Waals surface area contributed by atoms with Crippen LogP contribution in [0.5, 0.6) is 0 Å². The minimum Gasteiger partial charge on any atom is -0.377 e. The molecule has 1 N–H and O–H groups in total. The Kier molecular flexibility index (Phi) is 3.13. The number of rotatable bonds is 1. The van der Waals surface area contributed by atoms with Crippen LogP contribution < -0.4 is 5.32 Å². The number of ether oxygens (including phenoxy) is 1. The van der Waals surface area contributed by atoms with Crippen molar-refractivity contribution in [1.82, 2.24) is 5.32 Å². The first kappa shape index (κ1) is 10.4. The summed E-state index contributed by atoms with van der Waals surface area (Å²) in [5.41, 5.74) is 0.500. The van der Waals surface area contributed by atoms with Crippen LogP contribution in [0.1, 0.15) is 39.5 Å². The lowest BCUT2D eigenvalue weighted by Crippen LogP contribution is -2.35. The van der Waals surface area contributed by atoms with E-state index in [0.717, 1.165) is 19.1 Å². The molecule has 2 heterocycles. The fourth-order valence-electron chi connectivity index (χ4n) is 2.85. The van der Waals surface area contributed by atoms with Crippen molar-refractivity contribution in [2.24, 2.45) is 11.3 Å². The van der Waals surface area contributed by atoms with Crippen molar-refractivity contribution in [3.05, 3.63) is 0 Å². The summed E-state index contributed by atoms with van der Waals surface area (Å²) in [6.45, 7) is 7.94.